The lowest BCUT2D eigenvalue weighted by molar-refractivity contribution is 0.0674. The third-order valence-electron chi connectivity index (χ3n) is 5.22. The summed E-state index contributed by atoms with van der Waals surface area (Å²) in [5, 5.41) is 3.23. The van der Waals surface area contributed by atoms with Crippen molar-refractivity contribution in [1.82, 2.24) is 15.2 Å². The largest absolute Gasteiger partial charge is 0.357 e. The van der Waals surface area contributed by atoms with Gasteiger partial charge in [-0.1, -0.05) is 12.8 Å². The summed E-state index contributed by atoms with van der Waals surface area (Å²) >= 11 is 0. The van der Waals surface area contributed by atoms with Gasteiger partial charge >= 0.3 is 0 Å². The Hall–Kier alpha value is -1.62. The molecular formula is C19H30N4O. The van der Waals surface area contributed by atoms with Crippen molar-refractivity contribution in [3.63, 3.8) is 0 Å². The molecule has 2 saturated heterocycles. The number of amides is 1. The molecule has 1 amide bonds. The van der Waals surface area contributed by atoms with Crippen molar-refractivity contribution in [3.8, 4) is 0 Å². The Balaban J connectivity index is 1.63. The number of hydrogen-bond donors (Lipinski definition) is 1. The number of hydrogen-bond acceptors (Lipinski definition) is 4. The Morgan fingerprint density at radius 3 is 2.62 bits per heavy atom. The molecule has 1 aromatic heterocycles. The van der Waals surface area contributed by atoms with Gasteiger partial charge in [-0.3, -0.25) is 4.79 Å². The molecule has 0 saturated carbocycles. The molecule has 0 aromatic carbocycles. The van der Waals surface area contributed by atoms with Gasteiger partial charge in [0.05, 0.1) is 5.56 Å². The van der Waals surface area contributed by atoms with Crippen molar-refractivity contribution in [2.45, 2.75) is 38.5 Å². The standard InChI is InChI=1S/C19H30N4O/c1-20-13-16-7-6-12-23(15-16)19(24)17-8-9-18(21-14-17)22-10-4-2-3-5-11-22/h8-9,14,16,20H,2-7,10-13,15H2,1H3. The molecule has 0 spiro atoms. The van der Waals surface area contributed by atoms with Gasteiger partial charge in [0.2, 0.25) is 0 Å². The Morgan fingerprint density at radius 1 is 1.17 bits per heavy atom. The van der Waals surface area contributed by atoms with E-state index in [0.29, 0.717) is 5.92 Å². The van der Waals surface area contributed by atoms with Gasteiger partial charge in [0, 0.05) is 32.4 Å². The number of nitrogens with one attached hydrogen (secondary N) is 1. The first-order chi connectivity index (χ1) is 11.8. The molecule has 1 N–H and O–H groups in total. The van der Waals surface area contributed by atoms with Gasteiger partial charge in [-0.2, -0.15) is 0 Å². The second-order valence-electron chi connectivity index (χ2n) is 7.12. The lowest BCUT2D eigenvalue weighted by Gasteiger charge is -2.32. The zero-order valence-electron chi connectivity index (χ0n) is 14.8. The topological polar surface area (TPSA) is 48.5 Å². The summed E-state index contributed by atoms with van der Waals surface area (Å²) in [4.78, 5) is 21.7. The maximum atomic E-state index is 12.7. The molecular weight excluding hydrogens is 300 g/mol. The summed E-state index contributed by atoms with van der Waals surface area (Å²) in [7, 11) is 1.98. The van der Waals surface area contributed by atoms with Crippen molar-refractivity contribution >= 4 is 11.7 Å². The van der Waals surface area contributed by atoms with Crippen molar-refractivity contribution in [3.05, 3.63) is 23.9 Å². The molecule has 5 heteroatoms. The molecule has 0 aliphatic carbocycles. The van der Waals surface area contributed by atoms with E-state index in [0.717, 1.165) is 50.5 Å². The number of carbonyl (C=O) groups is 1. The minimum Gasteiger partial charge on any atom is -0.357 e. The second-order valence-corrected chi connectivity index (χ2v) is 7.12. The van der Waals surface area contributed by atoms with Crippen molar-refractivity contribution < 1.29 is 4.79 Å². The molecule has 132 valence electrons. The highest BCUT2D eigenvalue weighted by molar-refractivity contribution is 5.94. The summed E-state index contributed by atoms with van der Waals surface area (Å²) in [5.74, 6) is 1.71. The van der Waals surface area contributed by atoms with Crippen LogP contribution in [0.25, 0.3) is 0 Å². The van der Waals surface area contributed by atoms with E-state index in [-0.39, 0.29) is 5.91 Å². The fourth-order valence-corrected chi connectivity index (χ4v) is 3.89. The smallest absolute Gasteiger partial charge is 0.255 e. The third-order valence-corrected chi connectivity index (χ3v) is 5.22. The lowest BCUT2D eigenvalue weighted by atomic mass is 9.97. The number of aromatic nitrogens is 1. The first-order valence-electron chi connectivity index (χ1n) is 9.43. The van der Waals surface area contributed by atoms with Crippen LogP contribution in [-0.4, -0.2) is 55.6 Å². The molecule has 0 bridgehead atoms. The summed E-state index contributed by atoms with van der Waals surface area (Å²) < 4.78 is 0. The molecule has 2 aliphatic rings. The fraction of sp³-hybridized carbons (Fsp3) is 0.684. The van der Waals surface area contributed by atoms with Crippen LogP contribution in [0.15, 0.2) is 18.3 Å². The summed E-state index contributed by atoms with van der Waals surface area (Å²) in [6, 6.07) is 3.98. The van der Waals surface area contributed by atoms with Crippen LogP contribution in [0.5, 0.6) is 0 Å². The zero-order valence-corrected chi connectivity index (χ0v) is 14.8. The highest BCUT2D eigenvalue weighted by Crippen LogP contribution is 2.20. The lowest BCUT2D eigenvalue weighted by Crippen LogP contribution is -2.42. The molecule has 2 fully saturated rings. The van der Waals surface area contributed by atoms with E-state index in [4.69, 9.17) is 0 Å². The van der Waals surface area contributed by atoms with E-state index in [1.807, 2.05) is 24.1 Å². The van der Waals surface area contributed by atoms with Gasteiger partial charge in [0.15, 0.2) is 0 Å². The van der Waals surface area contributed by atoms with Crippen molar-refractivity contribution in [1.29, 1.82) is 0 Å². The van der Waals surface area contributed by atoms with Crippen LogP contribution >= 0.6 is 0 Å². The molecule has 1 aromatic rings. The number of anilines is 1. The third kappa shape index (κ3) is 4.26. The minimum atomic E-state index is 0.130. The maximum absolute atomic E-state index is 12.7. The molecule has 3 rings (SSSR count). The van der Waals surface area contributed by atoms with E-state index in [2.05, 4.69) is 15.2 Å². The monoisotopic (exact) mass is 330 g/mol. The Morgan fingerprint density at radius 2 is 1.96 bits per heavy atom. The number of pyridine rings is 1. The summed E-state index contributed by atoms with van der Waals surface area (Å²) in [6.45, 7) is 4.87. The molecule has 0 radical (unpaired) electrons. The van der Waals surface area contributed by atoms with Crippen LogP contribution in [0.3, 0.4) is 0 Å². The van der Waals surface area contributed by atoms with Crippen LogP contribution in [0.2, 0.25) is 0 Å². The van der Waals surface area contributed by atoms with Crippen LogP contribution < -0.4 is 10.2 Å². The number of likely N-dealkylation sites (tertiary alicyclic amines) is 1. The highest BCUT2D eigenvalue weighted by Gasteiger charge is 2.24. The van der Waals surface area contributed by atoms with Crippen LogP contribution in [0, 0.1) is 5.92 Å². The molecule has 3 heterocycles. The Bertz CT molecular complexity index is 521. The van der Waals surface area contributed by atoms with Gasteiger partial charge in [0.25, 0.3) is 5.91 Å². The normalized spacial score (nSPS) is 22.3. The Kier molecular flexibility index (Phi) is 6.07. The average Bonchev–Trinajstić information content (AvgIpc) is 2.91. The second kappa shape index (κ2) is 8.47. The van der Waals surface area contributed by atoms with Crippen LogP contribution in [-0.2, 0) is 0 Å². The fourth-order valence-electron chi connectivity index (χ4n) is 3.89. The van der Waals surface area contributed by atoms with Crippen molar-refractivity contribution in [2.24, 2.45) is 5.92 Å². The van der Waals surface area contributed by atoms with Gasteiger partial charge in [-0.25, -0.2) is 4.98 Å². The van der Waals surface area contributed by atoms with Crippen LogP contribution in [0.1, 0.15) is 48.9 Å². The van der Waals surface area contributed by atoms with E-state index in [1.165, 1.54) is 32.1 Å². The van der Waals surface area contributed by atoms with E-state index < -0.39 is 0 Å². The summed E-state index contributed by atoms with van der Waals surface area (Å²) in [5.41, 5.74) is 0.721. The Labute approximate surface area is 145 Å². The average molecular weight is 330 g/mol. The van der Waals surface area contributed by atoms with Crippen molar-refractivity contribution in [2.75, 3.05) is 44.7 Å². The van der Waals surface area contributed by atoms with Gasteiger partial charge in [0.1, 0.15) is 5.82 Å². The van der Waals surface area contributed by atoms with E-state index in [9.17, 15) is 4.79 Å². The quantitative estimate of drug-likeness (QED) is 0.922. The maximum Gasteiger partial charge on any atom is 0.255 e. The number of piperidine rings is 1. The van der Waals surface area contributed by atoms with E-state index in [1.54, 1.807) is 6.20 Å². The predicted molar refractivity (Wildman–Crippen MR) is 97.5 cm³/mol. The highest BCUT2D eigenvalue weighted by atomic mass is 16.2. The molecule has 24 heavy (non-hydrogen) atoms. The minimum absolute atomic E-state index is 0.130. The number of carbonyl (C=O) groups excluding carboxylic acids is 1. The number of nitrogens with zero attached hydrogens (tertiary/aromatic N) is 3. The van der Waals surface area contributed by atoms with Crippen LogP contribution in [0.4, 0.5) is 5.82 Å². The predicted octanol–water partition coefficient (Wildman–Crippen LogP) is 2.53. The summed E-state index contributed by atoms with van der Waals surface area (Å²) in [6.07, 6.45) is 9.18. The molecule has 1 atom stereocenters. The molecule has 5 nitrogen and oxygen atoms in total. The molecule has 1 unspecified atom stereocenters. The van der Waals surface area contributed by atoms with Gasteiger partial charge in [-0.15, -0.1) is 0 Å². The number of rotatable bonds is 4. The first kappa shape index (κ1) is 17.2. The molecule has 2 aliphatic heterocycles. The first-order valence-corrected chi connectivity index (χ1v) is 9.43. The van der Waals surface area contributed by atoms with Gasteiger partial charge in [-0.05, 0) is 57.3 Å². The van der Waals surface area contributed by atoms with Gasteiger partial charge < -0.3 is 15.1 Å². The SMILES string of the molecule is CNCC1CCCN(C(=O)c2ccc(N3CCCCCC3)nc2)C1. The zero-order chi connectivity index (χ0) is 16.8. The van der Waals surface area contributed by atoms with E-state index >= 15 is 0 Å².